The number of thiazole rings is 1. The van der Waals surface area contributed by atoms with Crippen molar-refractivity contribution < 1.29 is 4.42 Å². The molecule has 1 saturated heterocycles. The zero-order valence-electron chi connectivity index (χ0n) is 14.0. The maximum absolute atomic E-state index is 5.42. The fourth-order valence-corrected chi connectivity index (χ4v) is 4.49. The molecule has 0 saturated carbocycles. The molecule has 1 aromatic carbocycles. The van der Waals surface area contributed by atoms with Gasteiger partial charge in [-0.05, 0) is 43.5 Å². The summed E-state index contributed by atoms with van der Waals surface area (Å²) in [5.74, 6) is 1.07. The minimum Gasteiger partial charge on any atom is -0.411 e. The van der Waals surface area contributed by atoms with Crippen molar-refractivity contribution in [1.82, 2.24) is 15.2 Å². The van der Waals surface area contributed by atoms with Crippen LogP contribution in [0.15, 0.2) is 38.9 Å². The van der Waals surface area contributed by atoms with Gasteiger partial charge in [0.2, 0.25) is 5.89 Å². The summed E-state index contributed by atoms with van der Waals surface area (Å²) < 4.78 is 5.42. The summed E-state index contributed by atoms with van der Waals surface area (Å²) in [4.78, 5) is 7.65. The van der Waals surface area contributed by atoms with Crippen molar-refractivity contribution in [2.45, 2.75) is 32.1 Å². The van der Waals surface area contributed by atoms with Crippen molar-refractivity contribution in [3.05, 3.63) is 45.1 Å². The monoisotopic (exact) mass is 418 g/mol. The summed E-state index contributed by atoms with van der Waals surface area (Å²) in [5.41, 5.74) is 3.38. The molecule has 5 nitrogen and oxygen atoms in total. The molecule has 0 radical (unpaired) electrons. The fraction of sp³-hybridized carbons (Fsp3) is 0.389. The molecule has 3 aromatic rings. The van der Waals surface area contributed by atoms with E-state index in [2.05, 4.69) is 55.5 Å². The number of rotatable bonds is 4. The van der Waals surface area contributed by atoms with Crippen molar-refractivity contribution in [3.63, 3.8) is 0 Å². The van der Waals surface area contributed by atoms with Gasteiger partial charge < -0.3 is 9.32 Å². The SMILES string of the molecule is CCc1csc(C2CCCN(c3ccc(-c4nnc(Br)o4)cc3)C2)n1. The van der Waals surface area contributed by atoms with Crippen LogP contribution in [0.4, 0.5) is 5.69 Å². The molecule has 3 heterocycles. The number of benzene rings is 1. The summed E-state index contributed by atoms with van der Waals surface area (Å²) in [7, 11) is 0. The van der Waals surface area contributed by atoms with Crippen LogP contribution in [0.1, 0.15) is 36.4 Å². The minimum absolute atomic E-state index is 0.403. The maximum atomic E-state index is 5.42. The average Bonchev–Trinajstić information content (AvgIpc) is 3.31. The molecular formula is C18H19BrN4OS. The van der Waals surface area contributed by atoms with Crippen molar-refractivity contribution in [2.75, 3.05) is 18.0 Å². The third-order valence-electron chi connectivity index (χ3n) is 4.58. The molecule has 130 valence electrons. The van der Waals surface area contributed by atoms with Crippen LogP contribution in [-0.4, -0.2) is 28.3 Å². The van der Waals surface area contributed by atoms with Crippen LogP contribution in [0.25, 0.3) is 11.5 Å². The van der Waals surface area contributed by atoms with Gasteiger partial charge in [-0.3, -0.25) is 0 Å². The third-order valence-corrected chi connectivity index (χ3v) is 5.96. The second kappa shape index (κ2) is 7.25. The van der Waals surface area contributed by atoms with Crippen LogP contribution in [0.3, 0.4) is 0 Å². The Kier molecular flexibility index (Phi) is 4.85. The highest BCUT2D eigenvalue weighted by Gasteiger charge is 2.24. The van der Waals surface area contributed by atoms with E-state index >= 15 is 0 Å². The lowest BCUT2D eigenvalue weighted by molar-refractivity contribution is 0.508. The van der Waals surface area contributed by atoms with E-state index in [9.17, 15) is 0 Å². The highest BCUT2D eigenvalue weighted by atomic mass is 79.9. The summed E-state index contributed by atoms with van der Waals surface area (Å²) in [6, 6.07) is 8.35. The highest BCUT2D eigenvalue weighted by molar-refractivity contribution is 9.10. The van der Waals surface area contributed by atoms with E-state index < -0.39 is 0 Å². The number of aryl methyl sites for hydroxylation is 1. The predicted molar refractivity (Wildman–Crippen MR) is 103 cm³/mol. The Balaban J connectivity index is 1.49. The fourth-order valence-electron chi connectivity index (χ4n) is 3.22. The first-order chi connectivity index (χ1) is 12.2. The Hall–Kier alpha value is -1.73. The standard InChI is InChI=1S/C18H19BrN4OS/c1-2-14-11-25-17(20-14)13-4-3-9-23(10-13)15-7-5-12(6-8-15)16-21-22-18(19)24-16/h5-8,11,13H,2-4,9-10H2,1H3. The Morgan fingerprint density at radius 2 is 2.12 bits per heavy atom. The minimum atomic E-state index is 0.403. The second-order valence-electron chi connectivity index (χ2n) is 6.22. The van der Waals surface area contributed by atoms with Gasteiger partial charge in [-0.2, -0.15) is 0 Å². The summed E-state index contributed by atoms with van der Waals surface area (Å²) >= 11 is 5.00. The predicted octanol–water partition coefficient (Wildman–Crippen LogP) is 4.90. The van der Waals surface area contributed by atoms with Gasteiger partial charge in [0, 0.05) is 51.6 Å². The summed E-state index contributed by atoms with van der Waals surface area (Å²) in [5, 5.41) is 11.3. The molecule has 0 N–H and O–H groups in total. The molecule has 0 spiro atoms. The van der Waals surface area contributed by atoms with Gasteiger partial charge in [-0.25, -0.2) is 4.98 Å². The quantitative estimate of drug-likeness (QED) is 0.602. The van der Waals surface area contributed by atoms with Crippen molar-refractivity contribution in [2.24, 2.45) is 0 Å². The molecule has 25 heavy (non-hydrogen) atoms. The molecule has 1 unspecified atom stereocenters. The van der Waals surface area contributed by atoms with Gasteiger partial charge in [0.1, 0.15) is 0 Å². The Labute approximate surface area is 159 Å². The van der Waals surface area contributed by atoms with Gasteiger partial charge in [-0.1, -0.05) is 6.92 Å². The summed E-state index contributed by atoms with van der Waals surface area (Å²) in [6.07, 6.45) is 3.44. The first-order valence-electron chi connectivity index (χ1n) is 8.51. The van der Waals surface area contributed by atoms with Crippen LogP contribution in [0.2, 0.25) is 0 Å². The molecular weight excluding hydrogens is 400 g/mol. The molecule has 1 aliphatic rings. The van der Waals surface area contributed by atoms with Crippen LogP contribution in [-0.2, 0) is 6.42 Å². The summed E-state index contributed by atoms with van der Waals surface area (Å²) in [6.45, 7) is 4.28. The van der Waals surface area contributed by atoms with E-state index in [-0.39, 0.29) is 0 Å². The Morgan fingerprint density at radius 3 is 2.80 bits per heavy atom. The molecule has 4 rings (SSSR count). The van der Waals surface area contributed by atoms with Crippen molar-refractivity contribution in [1.29, 1.82) is 0 Å². The van der Waals surface area contributed by atoms with Crippen LogP contribution < -0.4 is 4.90 Å². The average molecular weight is 419 g/mol. The van der Waals surface area contributed by atoms with E-state index in [0.717, 1.165) is 25.1 Å². The highest BCUT2D eigenvalue weighted by Crippen LogP contribution is 2.32. The van der Waals surface area contributed by atoms with Crippen LogP contribution in [0, 0.1) is 0 Å². The normalized spacial score (nSPS) is 17.8. The molecule has 1 aliphatic heterocycles. The number of nitrogens with zero attached hydrogens (tertiary/aromatic N) is 4. The van der Waals surface area contributed by atoms with E-state index in [1.807, 2.05) is 23.5 Å². The second-order valence-corrected chi connectivity index (χ2v) is 7.79. The van der Waals surface area contributed by atoms with Gasteiger partial charge in [0.15, 0.2) is 0 Å². The lowest BCUT2D eigenvalue weighted by atomic mass is 9.98. The van der Waals surface area contributed by atoms with E-state index in [4.69, 9.17) is 9.40 Å². The lowest BCUT2D eigenvalue weighted by Gasteiger charge is -2.33. The zero-order chi connectivity index (χ0) is 17.2. The van der Waals surface area contributed by atoms with Gasteiger partial charge in [-0.15, -0.1) is 21.5 Å². The van der Waals surface area contributed by atoms with Gasteiger partial charge in [0.25, 0.3) is 4.80 Å². The van der Waals surface area contributed by atoms with Crippen molar-refractivity contribution >= 4 is 33.0 Å². The van der Waals surface area contributed by atoms with Crippen molar-refractivity contribution in [3.8, 4) is 11.5 Å². The number of hydrogen-bond acceptors (Lipinski definition) is 6. The van der Waals surface area contributed by atoms with E-state index in [0.29, 0.717) is 16.6 Å². The lowest BCUT2D eigenvalue weighted by Crippen LogP contribution is -2.34. The van der Waals surface area contributed by atoms with Gasteiger partial charge >= 0.3 is 0 Å². The largest absolute Gasteiger partial charge is 0.411 e. The number of hydrogen-bond donors (Lipinski definition) is 0. The van der Waals surface area contributed by atoms with E-state index in [1.165, 1.54) is 29.2 Å². The van der Waals surface area contributed by atoms with Crippen LogP contribution in [0.5, 0.6) is 0 Å². The van der Waals surface area contributed by atoms with Crippen LogP contribution >= 0.6 is 27.3 Å². The molecule has 1 atom stereocenters. The first-order valence-corrected chi connectivity index (χ1v) is 10.2. The maximum Gasteiger partial charge on any atom is 0.285 e. The Morgan fingerprint density at radius 1 is 1.28 bits per heavy atom. The topological polar surface area (TPSA) is 55.1 Å². The zero-order valence-corrected chi connectivity index (χ0v) is 16.4. The van der Waals surface area contributed by atoms with E-state index in [1.54, 1.807) is 0 Å². The Bertz CT molecular complexity index is 845. The number of anilines is 1. The smallest absolute Gasteiger partial charge is 0.285 e. The molecule has 0 bridgehead atoms. The number of aromatic nitrogens is 3. The molecule has 7 heteroatoms. The molecule has 1 fully saturated rings. The van der Waals surface area contributed by atoms with Gasteiger partial charge in [0.05, 0.1) is 10.7 Å². The number of halogens is 1. The molecule has 0 amide bonds. The molecule has 0 aliphatic carbocycles. The first kappa shape index (κ1) is 16.7. The third kappa shape index (κ3) is 3.62. The molecule has 2 aromatic heterocycles. The number of piperidine rings is 1.